The first-order valence-corrected chi connectivity index (χ1v) is 9.49. The molecule has 108 valence electrons. The van der Waals surface area contributed by atoms with Gasteiger partial charge in [0, 0.05) is 4.43 Å². The summed E-state index contributed by atoms with van der Waals surface area (Å²) in [6.45, 7) is 11.8. The van der Waals surface area contributed by atoms with E-state index < -0.39 is 9.76 Å². The maximum atomic E-state index is 6.20. The molecule has 0 fully saturated rings. The van der Waals surface area contributed by atoms with Crippen LogP contribution >= 0.6 is 22.6 Å². The molecule has 0 heterocycles. The van der Waals surface area contributed by atoms with E-state index in [9.17, 15) is 0 Å². The molecule has 0 unspecified atom stereocenters. The van der Waals surface area contributed by atoms with E-state index in [4.69, 9.17) is 9.16 Å². The quantitative estimate of drug-likeness (QED) is 0.413. The summed E-state index contributed by atoms with van der Waals surface area (Å²) < 4.78 is 12.8. The zero-order valence-corrected chi connectivity index (χ0v) is 16.2. The van der Waals surface area contributed by atoms with E-state index in [2.05, 4.69) is 69.3 Å². The van der Waals surface area contributed by atoms with Crippen LogP contribution < -0.4 is 4.74 Å². The molecular weight excluding hydrogens is 367 g/mol. The van der Waals surface area contributed by atoms with Crippen LogP contribution in [0.25, 0.3) is 0 Å². The smallest absolute Gasteiger partial charge is 0.168 e. The molecule has 1 aromatic rings. The molecule has 1 rings (SSSR count). The van der Waals surface area contributed by atoms with Crippen molar-refractivity contribution in [2.24, 2.45) is 0 Å². The van der Waals surface area contributed by atoms with Gasteiger partial charge in [0.2, 0.25) is 0 Å². The largest absolute Gasteiger partial charge is 0.493 e. The van der Waals surface area contributed by atoms with Crippen LogP contribution in [0.4, 0.5) is 0 Å². The van der Waals surface area contributed by atoms with Gasteiger partial charge in [0.05, 0.1) is 12.2 Å². The SMILES string of the molecule is CC(C)(C)[SiH2]OC(C)(C)c1ccc(OCCI)cc1. The molecule has 0 aromatic heterocycles. The van der Waals surface area contributed by atoms with Crippen molar-refractivity contribution >= 4 is 32.4 Å². The van der Waals surface area contributed by atoms with Gasteiger partial charge in [-0.3, -0.25) is 0 Å². The summed E-state index contributed by atoms with van der Waals surface area (Å²) in [6.07, 6.45) is 0. The van der Waals surface area contributed by atoms with Crippen LogP contribution in [0.1, 0.15) is 40.2 Å². The van der Waals surface area contributed by atoms with E-state index in [1.165, 1.54) is 5.56 Å². The fourth-order valence-electron chi connectivity index (χ4n) is 1.59. The van der Waals surface area contributed by atoms with E-state index in [1.54, 1.807) is 0 Å². The van der Waals surface area contributed by atoms with Gasteiger partial charge in [-0.05, 0) is 36.6 Å². The maximum Gasteiger partial charge on any atom is 0.168 e. The molecule has 0 saturated carbocycles. The van der Waals surface area contributed by atoms with Crippen LogP contribution in [-0.4, -0.2) is 20.8 Å². The Labute approximate surface area is 133 Å². The topological polar surface area (TPSA) is 18.5 Å². The van der Waals surface area contributed by atoms with Gasteiger partial charge in [0.15, 0.2) is 9.76 Å². The van der Waals surface area contributed by atoms with Crippen LogP contribution in [0.5, 0.6) is 5.75 Å². The van der Waals surface area contributed by atoms with E-state index >= 15 is 0 Å². The molecule has 0 N–H and O–H groups in total. The van der Waals surface area contributed by atoms with Crippen molar-refractivity contribution < 1.29 is 9.16 Å². The van der Waals surface area contributed by atoms with Crippen molar-refractivity contribution in [2.75, 3.05) is 11.0 Å². The second-order valence-corrected chi connectivity index (χ2v) is 10.2. The third-order valence-electron chi connectivity index (χ3n) is 2.76. The van der Waals surface area contributed by atoms with E-state index in [1.807, 2.05) is 12.1 Å². The standard InChI is InChI=1S/C15H25IO2Si/c1-14(2,3)19-18-15(4,5)12-6-8-13(9-7-12)17-11-10-16/h6-9H,10-11,19H2,1-5H3. The monoisotopic (exact) mass is 392 g/mol. The number of rotatable bonds is 6. The average molecular weight is 392 g/mol. The van der Waals surface area contributed by atoms with Crippen LogP contribution in [0.3, 0.4) is 0 Å². The molecular formula is C15H25IO2Si. The highest BCUT2D eigenvalue weighted by Crippen LogP contribution is 2.30. The second kappa shape index (κ2) is 7.08. The molecule has 0 bridgehead atoms. The summed E-state index contributed by atoms with van der Waals surface area (Å²) in [7, 11) is -0.554. The van der Waals surface area contributed by atoms with Crippen molar-refractivity contribution in [2.45, 2.75) is 45.3 Å². The molecule has 0 atom stereocenters. The molecule has 0 spiro atoms. The van der Waals surface area contributed by atoms with Crippen molar-refractivity contribution in [3.05, 3.63) is 29.8 Å². The molecule has 0 amide bonds. The lowest BCUT2D eigenvalue weighted by Crippen LogP contribution is -2.27. The number of alkyl halides is 1. The first-order chi connectivity index (χ1) is 8.74. The van der Waals surface area contributed by atoms with Gasteiger partial charge in [-0.25, -0.2) is 0 Å². The normalized spacial score (nSPS) is 13.2. The minimum atomic E-state index is -0.554. The number of hydrogen-bond donors (Lipinski definition) is 0. The molecule has 0 radical (unpaired) electrons. The number of hydrogen-bond acceptors (Lipinski definition) is 2. The van der Waals surface area contributed by atoms with Crippen molar-refractivity contribution in [1.82, 2.24) is 0 Å². The fraction of sp³-hybridized carbons (Fsp3) is 0.600. The van der Waals surface area contributed by atoms with Gasteiger partial charge >= 0.3 is 0 Å². The Kier molecular flexibility index (Phi) is 6.33. The first kappa shape index (κ1) is 17.0. The Balaban J connectivity index is 2.67. The molecule has 0 aliphatic heterocycles. The van der Waals surface area contributed by atoms with Crippen LogP contribution in [0.2, 0.25) is 5.04 Å². The molecule has 0 aliphatic carbocycles. The second-order valence-electron chi connectivity index (χ2n) is 6.42. The zero-order valence-electron chi connectivity index (χ0n) is 12.6. The van der Waals surface area contributed by atoms with Gasteiger partial charge < -0.3 is 9.16 Å². The maximum absolute atomic E-state index is 6.20. The molecule has 1 aromatic carbocycles. The average Bonchev–Trinajstić information content (AvgIpc) is 2.34. The minimum Gasteiger partial charge on any atom is -0.493 e. The molecule has 4 heteroatoms. The Morgan fingerprint density at radius 2 is 1.63 bits per heavy atom. The summed E-state index contributed by atoms with van der Waals surface area (Å²) in [5.41, 5.74) is 1.01. The molecule has 0 saturated heterocycles. The van der Waals surface area contributed by atoms with E-state index in [0.29, 0.717) is 5.04 Å². The van der Waals surface area contributed by atoms with E-state index in [-0.39, 0.29) is 5.60 Å². The zero-order chi connectivity index (χ0) is 14.5. The number of ether oxygens (including phenoxy) is 1. The lowest BCUT2D eigenvalue weighted by atomic mass is 9.99. The Morgan fingerprint density at radius 3 is 2.11 bits per heavy atom. The van der Waals surface area contributed by atoms with Crippen molar-refractivity contribution in [1.29, 1.82) is 0 Å². The van der Waals surface area contributed by atoms with Gasteiger partial charge in [-0.2, -0.15) is 0 Å². The fourth-order valence-corrected chi connectivity index (χ4v) is 2.77. The van der Waals surface area contributed by atoms with Crippen molar-refractivity contribution in [3.63, 3.8) is 0 Å². The predicted molar refractivity (Wildman–Crippen MR) is 93.2 cm³/mol. The predicted octanol–water partition coefficient (Wildman–Crippen LogP) is 4.05. The Hall–Kier alpha value is -0.0731. The van der Waals surface area contributed by atoms with E-state index in [0.717, 1.165) is 16.8 Å². The summed E-state index contributed by atoms with van der Waals surface area (Å²) in [5, 5.41) is 0.320. The Morgan fingerprint density at radius 1 is 1.05 bits per heavy atom. The van der Waals surface area contributed by atoms with Gasteiger partial charge in [-0.1, -0.05) is 55.5 Å². The molecule has 2 nitrogen and oxygen atoms in total. The van der Waals surface area contributed by atoms with Crippen molar-refractivity contribution in [3.8, 4) is 5.75 Å². The molecule has 0 aliphatic rings. The third-order valence-corrected chi connectivity index (χ3v) is 4.93. The summed E-state index contributed by atoms with van der Waals surface area (Å²) in [6, 6.07) is 8.29. The summed E-state index contributed by atoms with van der Waals surface area (Å²) >= 11 is 2.31. The minimum absolute atomic E-state index is 0.207. The third kappa shape index (κ3) is 6.27. The highest BCUT2D eigenvalue weighted by Gasteiger charge is 2.24. The summed E-state index contributed by atoms with van der Waals surface area (Å²) in [4.78, 5) is 0. The summed E-state index contributed by atoms with van der Waals surface area (Å²) in [5.74, 6) is 0.935. The lowest BCUT2D eigenvalue weighted by molar-refractivity contribution is 0.109. The highest BCUT2D eigenvalue weighted by molar-refractivity contribution is 14.1. The van der Waals surface area contributed by atoms with Gasteiger partial charge in [-0.15, -0.1) is 0 Å². The number of halogens is 1. The molecule has 19 heavy (non-hydrogen) atoms. The lowest BCUT2D eigenvalue weighted by Gasteiger charge is -2.30. The van der Waals surface area contributed by atoms with Crippen LogP contribution in [-0.2, 0) is 10.0 Å². The van der Waals surface area contributed by atoms with Crippen LogP contribution in [0, 0.1) is 0 Å². The van der Waals surface area contributed by atoms with Gasteiger partial charge in [0.1, 0.15) is 5.75 Å². The highest BCUT2D eigenvalue weighted by atomic mass is 127. The first-order valence-electron chi connectivity index (χ1n) is 6.68. The Bertz CT molecular complexity index is 382. The van der Waals surface area contributed by atoms with Crippen LogP contribution in [0.15, 0.2) is 24.3 Å². The number of benzene rings is 1. The van der Waals surface area contributed by atoms with Gasteiger partial charge in [0.25, 0.3) is 0 Å².